The molecule has 20 heteroatoms. The number of phenolic OH excluding ortho intramolecular Hbond substituents is 1. The first kappa shape index (κ1) is 50.8. The number of halogens is 2. The van der Waals surface area contributed by atoms with Crippen molar-refractivity contribution in [1.82, 2.24) is 49.6 Å². The molecule has 3 N–H and O–H groups in total. The van der Waals surface area contributed by atoms with Crippen LogP contribution in [0.3, 0.4) is 0 Å². The third-order valence-electron chi connectivity index (χ3n) is 15.9. The molecule has 1 aliphatic carbocycles. The van der Waals surface area contributed by atoms with Gasteiger partial charge in [0, 0.05) is 75.1 Å². The largest absolute Gasteiger partial charge is 0.508 e. The van der Waals surface area contributed by atoms with Crippen molar-refractivity contribution < 1.29 is 37.8 Å². The van der Waals surface area contributed by atoms with Crippen molar-refractivity contribution in [3.8, 4) is 23.0 Å². The number of rotatable bonds is 14. The zero-order chi connectivity index (χ0) is 52.8. The van der Waals surface area contributed by atoms with Crippen molar-refractivity contribution in [3.63, 3.8) is 0 Å². The Labute approximate surface area is 439 Å². The van der Waals surface area contributed by atoms with Gasteiger partial charge in [-0.3, -0.25) is 39.1 Å². The number of hydrogen-bond donors (Lipinski definition) is 3. The van der Waals surface area contributed by atoms with E-state index in [4.69, 9.17) is 14.8 Å². The lowest BCUT2D eigenvalue weighted by molar-refractivity contribution is -0.135. The average molecular weight is 1040 g/mol. The first-order chi connectivity index (χ1) is 36.7. The number of hydrogen-bond acceptors (Lipinski definition) is 14. The van der Waals surface area contributed by atoms with Crippen molar-refractivity contribution in [2.24, 2.45) is 5.41 Å². The van der Waals surface area contributed by atoms with Crippen LogP contribution in [0.2, 0.25) is 0 Å². The third-order valence-corrected chi connectivity index (χ3v) is 15.9. The molecule has 7 heterocycles. The molecule has 4 fully saturated rings. The molecule has 6 aromatic rings. The average Bonchev–Trinajstić information content (AvgIpc) is 4.13. The molecule has 0 bridgehead atoms. The Morgan fingerprint density at radius 3 is 2.41 bits per heavy atom. The van der Waals surface area contributed by atoms with E-state index in [2.05, 4.69) is 42.5 Å². The van der Waals surface area contributed by atoms with Crippen molar-refractivity contribution >= 4 is 56.8 Å². The summed E-state index contributed by atoms with van der Waals surface area (Å²) in [4.78, 5) is 75.6. The number of anilines is 2. The number of benzene rings is 3. The minimum atomic E-state index is -0.753. The summed E-state index contributed by atoms with van der Waals surface area (Å²) in [6.07, 6.45) is 7.10. The highest BCUT2D eigenvalue weighted by Gasteiger charge is 2.44. The predicted molar refractivity (Wildman–Crippen MR) is 282 cm³/mol. The zero-order valence-corrected chi connectivity index (χ0v) is 43.3. The summed E-state index contributed by atoms with van der Waals surface area (Å²) in [5.41, 5.74) is 3.61. The minimum absolute atomic E-state index is 0.0164. The van der Waals surface area contributed by atoms with Crippen molar-refractivity contribution in [2.75, 3.05) is 89.8 Å². The first-order valence-electron chi connectivity index (χ1n) is 26.6. The molecule has 0 spiro atoms. The second-order valence-electron chi connectivity index (χ2n) is 21.5. The lowest BCUT2D eigenvalue weighted by Gasteiger charge is -2.37. The van der Waals surface area contributed by atoms with Gasteiger partial charge in [0.2, 0.25) is 17.7 Å². The van der Waals surface area contributed by atoms with E-state index in [1.54, 1.807) is 11.0 Å². The van der Waals surface area contributed by atoms with Crippen LogP contribution in [0.25, 0.3) is 32.9 Å². The van der Waals surface area contributed by atoms with Gasteiger partial charge in [0.05, 0.1) is 30.8 Å². The summed E-state index contributed by atoms with van der Waals surface area (Å²) in [6.45, 7) is 7.88. The lowest BCUT2D eigenvalue weighted by atomic mass is 9.89. The SMILES string of the molecule is CCc1c(F)ccc2cc(O)cc(-c3ncc4c(N5CCCn6nc(C(=O)N7CCN(C(=O)CN8CCC(c9ccc(NC%10CCC(=O)NC%10=O)cc9)CC8)CC7)cc6C5)nc(OCC5(CN(C)C)CC5)nc4c3F)c12. The van der Waals surface area contributed by atoms with E-state index in [9.17, 15) is 24.3 Å². The van der Waals surface area contributed by atoms with Crippen molar-refractivity contribution in [2.45, 2.75) is 83.3 Å². The van der Waals surface area contributed by atoms with Gasteiger partial charge < -0.3 is 34.8 Å². The summed E-state index contributed by atoms with van der Waals surface area (Å²) < 4.78 is 40.8. The fraction of sp³-hybridized carbons (Fsp3) is 0.464. The van der Waals surface area contributed by atoms with Gasteiger partial charge in [0.1, 0.15) is 34.6 Å². The van der Waals surface area contributed by atoms with Crippen LogP contribution in [-0.4, -0.2) is 159 Å². The van der Waals surface area contributed by atoms with Crippen molar-refractivity contribution in [1.29, 1.82) is 0 Å². The Kier molecular flexibility index (Phi) is 14.0. The monoisotopic (exact) mass is 1040 g/mol. The molecule has 4 amide bonds. The number of aromatic nitrogens is 5. The van der Waals surface area contributed by atoms with Crippen LogP contribution in [0.15, 0.2) is 60.8 Å². The number of imide groups is 1. The normalized spacial score (nSPS) is 19.2. The summed E-state index contributed by atoms with van der Waals surface area (Å²) in [5.74, 6) is -1.21. The maximum atomic E-state index is 17.3. The number of ether oxygens (including phenoxy) is 1. The second kappa shape index (κ2) is 21.0. The van der Waals surface area contributed by atoms with E-state index in [0.717, 1.165) is 56.7 Å². The molecule has 4 aliphatic heterocycles. The Morgan fingerprint density at radius 1 is 0.921 bits per heavy atom. The summed E-state index contributed by atoms with van der Waals surface area (Å²) in [5, 5.41) is 22.6. The molecular formula is C56H64F2N12O6. The number of piperidine rings is 2. The molecule has 3 aromatic carbocycles. The topological polar surface area (TPSA) is 194 Å². The molecular weight excluding hydrogens is 975 g/mol. The third kappa shape index (κ3) is 10.5. The van der Waals surface area contributed by atoms with Gasteiger partial charge in [-0.2, -0.15) is 15.1 Å². The van der Waals surface area contributed by atoms with Crippen molar-refractivity contribution in [3.05, 3.63) is 94.9 Å². The van der Waals surface area contributed by atoms with Gasteiger partial charge in [-0.05, 0) is 136 Å². The Morgan fingerprint density at radius 2 is 1.68 bits per heavy atom. The maximum absolute atomic E-state index is 17.3. The Bertz CT molecular complexity index is 3220. The van der Waals surface area contributed by atoms with Gasteiger partial charge in [0.25, 0.3) is 5.91 Å². The molecule has 11 rings (SSSR count). The summed E-state index contributed by atoms with van der Waals surface area (Å²) in [6, 6.07) is 15.4. The predicted octanol–water partition coefficient (Wildman–Crippen LogP) is 6.10. The van der Waals surface area contributed by atoms with E-state index in [1.165, 1.54) is 30.0 Å². The van der Waals surface area contributed by atoms with Gasteiger partial charge in [-0.1, -0.05) is 25.1 Å². The van der Waals surface area contributed by atoms with E-state index >= 15 is 8.78 Å². The smallest absolute Gasteiger partial charge is 0.319 e. The molecule has 3 saturated heterocycles. The standard InChI is InChI=1S/C56H64F2N12O6/c1-4-40-43(57)11-8-36-26-39(71)28-41(48(36)40)50-49(58)51-42(29-59-50)52(63-55(62-51)76-33-56(16-17-56)32-65(2)3)69-18-5-19-70-38(30-69)27-45(64-70)54(75)68-24-22-67(23-25-68)47(73)31-66-20-14-35(15-21-66)34-6-9-37(10-7-34)60-44-12-13-46(72)61-53(44)74/h6-11,26-29,35,44,60,71H,4-5,12-25,30-33H2,1-3H3,(H,61,72,74). The fourth-order valence-corrected chi connectivity index (χ4v) is 11.6. The van der Waals surface area contributed by atoms with Crippen LogP contribution < -0.4 is 20.3 Å². The van der Waals surface area contributed by atoms with Crippen LogP contribution in [0.5, 0.6) is 11.8 Å². The number of piperazine rings is 1. The molecule has 76 heavy (non-hydrogen) atoms. The van der Waals surface area contributed by atoms with Gasteiger partial charge in [-0.25, -0.2) is 8.78 Å². The number of aryl methyl sites for hydroxylation is 2. The molecule has 5 aliphatic rings. The highest BCUT2D eigenvalue weighted by Crippen LogP contribution is 2.46. The minimum Gasteiger partial charge on any atom is -0.508 e. The Hall–Kier alpha value is -7.32. The van der Waals surface area contributed by atoms with Crippen LogP contribution >= 0.6 is 0 Å². The number of fused-ring (bicyclic) bond motifs is 3. The summed E-state index contributed by atoms with van der Waals surface area (Å²) >= 11 is 0. The number of likely N-dealkylation sites (tertiary alicyclic amines) is 1. The number of carbonyl (C=O) groups excluding carboxylic acids is 4. The molecule has 398 valence electrons. The Balaban J connectivity index is 0.749. The second-order valence-corrected chi connectivity index (χ2v) is 21.5. The zero-order valence-electron chi connectivity index (χ0n) is 43.3. The molecule has 1 atom stereocenters. The molecule has 3 aromatic heterocycles. The summed E-state index contributed by atoms with van der Waals surface area (Å²) in [7, 11) is 4.04. The first-order valence-corrected chi connectivity index (χ1v) is 26.6. The van der Waals surface area contributed by atoms with Gasteiger partial charge in [0.15, 0.2) is 11.5 Å². The van der Waals surface area contributed by atoms with Gasteiger partial charge >= 0.3 is 6.01 Å². The van der Waals surface area contributed by atoms with E-state index in [1.807, 2.05) is 53.7 Å². The quantitative estimate of drug-likeness (QED) is 0.106. The fourth-order valence-electron chi connectivity index (χ4n) is 11.6. The van der Waals surface area contributed by atoms with Crippen LogP contribution in [0.4, 0.5) is 20.3 Å². The number of aromatic hydroxyl groups is 1. The number of phenols is 1. The van der Waals surface area contributed by atoms with Crippen LogP contribution in [0.1, 0.15) is 85.1 Å². The van der Waals surface area contributed by atoms with Crippen LogP contribution in [0, 0.1) is 17.0 Å². The van der Waals surface area contributed by atoms with E-state index in [0.29, 0.717) is 124 Å². The molecule has 1 unspecified atom stereocenters. The molecule has 1 saturated carbocycles. The van der Waals surface area contributed by atoms with E-state index < -0.39 is 17.7 Å². The van der Waals surface area contributed by atoms with Gasteiger partial charge in [-0.15, -0.1) is 0 Å². The van der Waals surface area contributed by atoms with Crippen LogP contribution in [-0.2, 0) is 33.9 Å². The number of pyridine rings is 1. The lowest BCUT2D eigenvalue weighted by Crippen LogP contribution is -2.53. The number of nitrogens with zero attached hydrogens (tertiary/aromatic N) is 10. The highest BCUT2D eigenvalue weighted by atomic mass is 19.1. The van der Waals surface area contributed by atoms with E-state index in [-0.39, 0.29) is 57.6 Å². The molecule has 18 nitrogen and oxygen atoms in total. The highest BCUT2D eigenvalue weighted by molar-refractivity contribution is 6.02. The number of carbonyl (C=O) groups is 4. The number of nitrogens with one attached hydrogen (secondary N) is 2. The number of amides is 4. The molecule has 0 radical (unpaired) electrons. The maximum Gasteiger partial charge on any atom is 0.319 e.